The van der Waals surface area contributed by atoms with E-state index in [9.17, 15) is 9.59 Å². The minimum absolute atomic E-state index is 0.138. The molecule has 4 nitrogen and oxygen atoms in total. The Bertz CT molecular complexity index is 445. The number of halogens is 1. The first-order chi connectivity index (χ1) is 7.95. The van der Waals surface area contributed by atoms with Gasteiger partial charge >= 0.3 is 5.97 Å². The minimum atomic E-state index is -0.903. The minimum Gasteiger partial charge on any atom is -0.469 e. The largest absolute Gasteiger partial charge is 0.469 e. The van der Waals surface area contributed by atoms with Gasteiger partial charge in [0.15, 0.2) is 5.78 Å². The third kappa shape index (κ3) is 3.54. The zero-order chi connectivity index (χ0) is 13.0. The van der Waals surface area contributed by atoms with E-state index in [4.69, 9.17) is 17.3 Å². The zero-order valence-corrected chi connectivity index (χ0v) is 10.5. The van der Waals surface area contributed by atoms with Crippen molar-refractivity contribution < 1.29 is 14.3 Å². The van der Waals surface area contributed by atoms with E-state index in [2.05, 4.69) is 4.74 Å². The number of hydrogen-bond donors (Lipinski definition) is 1. The van der Waals surface area contributed by atoms with Crippen LogP contribution in [-0.2, 0) is 9.53 Å². The van der Waals surface area contributed by atoms with Crippen molar-refractivity contribution in [3.05, 3.63) is 34.3 Å². The molecule has 0 aliphatic heterocycles. The van der Waals surface area contributed by atoms with Crippen LogP contribution in [0.2, 0.25) is 5.02 Å². The summed E-state index contributed by atoms with van der Waals surface area (Å²) in [6.07, 6.45) is -0.138. The van der Waals surface area contributed by atoms with Crippen molar-refractivity contribution in [1.82, 2.24) is 0 Å². The lowest BCUT2D eigenvalue weighted by Gasteiger charge is -2.11. The van der Waals surface area contributed by atoms with Crippen molar-refractivity contribution in [2.75, 3.05) is 7.11 Å². The molecule has 5 heteroatoms. The van der Waals surface area contributed by atoms with E-state index in [1.54, 1.807) is 25.1 Å². The molecule has 1 rings (SSSR count). The van der Waals surface area contributed by atoms with Crippen LogP contribution in [0, 0.1) is 6.92 Å². The first kappa shape index (κ1) is 13.7. The first-order valence-electron chi connectivity index (χ1n) is 5.08. The van der Waals surface area contributed by atoms with Crippen molar-refractivity contribution in [2.24, 2.45) is 5.73 Å². The molecule has 0 bridgehead atoms. The van der Waals surface area contributed by atoms with Gasteiger partial charge in [-0.3, -0.25) is 9.59 Å². The molecule has 0 spiro atoms. The second kappa shape index (κ2) is 5.80. The Morgan fingerprint density at radius 3 is 2.71 bits per heavy atom. The smallest absolute Gasteiger partial charge is 0.307 e. The number of methoxy groups -OCH3 is 1. The molecule has 0 aliphatic rings. The van der Waals surface area contributed by atoms with E-state index in [1.807, 2.05) is 0 Å². The predicted octanol–water partition coefficient (Wildman–Crippen LogP) is 1.72. The maximum atomic E-state index is 12.0. The lowest BCUT2D eigenvalue weighted by Crippen LogP contribution is -2.33. The second-order valence-electron chi connectivity index (χ2n) is 3.71. The second-order valence-corrected chi connectivity index (χ2v) is 4.15. The van der Waals surface area contributed by atoms with Crippen LogP contribution < -0.4 is 5.73 Å². The van der Waals surface area contributed by atoms with E-state index in [0.717, 1.165) is 5.56 Å². The molecule has 0 heterocycles. The molecule has 1 unspecified atom stereocenters. The third-order valence-corrected chi connectivity index (χ3v) is 2.65. The normalized spacial score (nSPS) is 12.0. The molecular weight excluding hydrogens is 242 g/mol. The molecule has 1 atom stereocenters. The predicted molar refractivity (Wildman–Crippen MR) is 65.1 cm³/mol. The molecule has 92 valence electrons. The topological polar surface area (TPSA) is 69.4 Å². The summed E-state index contributed by atoms with van der Waals surface area (Å²) in [4.78, 5) is 23.0. The zero-order valence-electron chi connectivity index (χ0n) is 9.70. The summed E-state index contributed by atoms with van der Waals surface area (Å²) in [5.41, 5.74) is 6.87. The number of benzene rings is 1. The summed E-state index contributed by atoms with van der Waals surface area (Å²) in [7, 11) is 1.25. The van der Waals surface area contributed by atoms with E-state index in [1.165, 1.54) is 7.11 Å². The van der Waals surface area contributed by atoms with E-state index in [0.29, 0.717) is 10.6 Å². The van der Waals surface area contributed by atoms with Crippen LogP contribution in [0.5, 0.6) is 0 Å². The fourth-order valence-corrected chi connectivity index (χ4v) is 1.59. The Labute approximate surface area is 105 Å². The molecule has 1 aromatic rings. The Kier molecular flexibility index (Phi) is 4.66. The summed E-state index contributed by atoms with van der Waals surface area (Å²) >= 11 is 5.81. The number of hydrogen-bond acceptors (Lipinski definition) is 4. The number of aryl methyl sites for hydroxylation is 1. The molecule has 0 saturated heterocycles. The van der Waals surface area contributed by atoms with Gasteiger partial charge in [-0.1, -0.05) is 17.7 Å². The number of carbonyl (C=O) groups excluding carboxylic acids is 2. The molecule has 0 fully saturated rings. The van der Waals surface area contributed by atoms with Gasteiger partial charge < -0.3 is 10.5 Å². The summed E-state index contributed by atoms with van der Waals surface area (Å²) in [6, 6.07) is 4.08. The molecule has 0 radical (unpaired) electrons. The molecule has 0 saturated carbocycles. The molecule has 0 aliphatic carbocycles. The average molecular weight is 256 g/mol. The standard InChI is InChI=1S/C12H14ClNO3/c1-7-3-4-8(13)5-9(7)12(16)10(14)6-11(15)17-2/h3-5,10H,6,14H2,1-2H3. The Hall–Kier alpha value is -1.39. The fourth-order valence-electron chi connectivity index (χ4n) is 1.42. The van der Waals surface area contributed by atoms with Crippen LogP contribution in [0.3, 0.4) is 0 Å². The van der Waals surface area contributed by atoms with Crippen molar-refractivity contribution in [3.63, 3.8) is 0 Å². The number of carbonyl (C=O) groups is 2. The van der Waals surface area contributed by atoms with E-state index in [-0.39, 0.29) is 12.2 Å². The maximum absolute atomic E-state index is 12.0. The average Bonchev–Trinajstić information content (AvgIpc) is 2.31. The van der Waals surface area contributed by atoms with Crippen molar-refractivity contribution in [2.45, 2.75) is 19.4 Å². The number of esters is 1. The van der Waals surface area contributed by atoms with E-state index < -0.39 is 12.0 Å². The highest BCUT2D eigenvalue weighted by Crippen LogP contribution is 2.17. The van der Waals surface area contributed by atoms with Gasteiger partial charge in [-0.25, -0.2) is 0 Å². The highest BCUT2D eigenvalue weighted by atomic mass is 35.5. The lowest BCUT2D eigenvalue weighted by molar-refractivity contribution is -0.140. The van der Waals surface area contributed by atoms with Gasteiger partial charge in [0, 0.05) is 10.6 Å². The van der Waals surface area contributed by atoms with Crippen LogP contribution >= 0.6 is 11.6 Å². The molecule has 2 N–H and O–H groups in total. The first-order valence-corrected chi connectivity index (χ1v) is 5.46. The maximum Gasteiger partial charge on any atom is 0.307 e. The van der Waals surface area contributed by atoms with Crippen LogP contribution in [-0.4, -0.2) is 24.9 Å². The third-order valence-electron chi connectivity index (χ3n) is 2.42. The Morgan fingerprint density at radius 2 is 2.12 bits per heavy atom. The van der Waals surface area contributed by atoms with Gasteiger partial charge in [-0.05, 0) is 24.6 Å². The number of Topliss-reactive ketones (excluding diaryl/α,β-unsaturated/α-hetero) is 1. The van der Waals surface area contributed by atoms with Crippen LogP contribution in [0.1, 0.15) is 22.3 Å². The van der Waals surface area contributed by atoms with Gasteiger partial charge in [0.05, 0.1) is 19.6 Å². The van der Waals surface area contributed by atoms with Crippen molar-refractivity contribution in [3.8, 4) is 0 Å². The fraction of sp³-hybridized carbons (Fsp3) is 0.333. The number of nitrogens with two attached hydrogens (primary N) is 1. The summed E-state index contributed by atoms with van der Waals surface area (Å²) in [5.74, 6) is -0.819. The van der Waals surface area contributed by atoms with E-state index >= 15 is 0 Å². The van der Waals surface area contributed by atoms with Crippen molar-refractivity contribution >= 4 is 23.4 Å². The molecule has 1 aromatic carbocycles. The van der Waals surface area contributed by atoms with Gasteiger partial charge in [0.1, 0.15) is 0 Å². The summed E-state index contributed by atoms with van der Waals surface area (Å²) in [6.45, 7) is 1.79. The monoisotopic (exact) mass is 255 g/mol. The quantitative estimate of drug-likeness (QED) is 0.657. The Balaban J connectivity index is 2.88. The number of ether oxygens (including phenoxy) is 1. The molecule has 0 aromatic heterocycles. The van der Waals surface area contributed by atoms with Gasteiger partial charge in [0.2, 0.25) is 0 Å². The van der Waals surface area contributed by atoms with Gasteiger partial charge in [-0.2, -0.15) is 0 Å². The summed E-state index contributed by atoms with van der Waals surface area (Å²) in [5, 5.41) is 0.462. The van der Waals surface area contributed by atoms with Crippen LogP contribution in [0.25, 0.3) is 0 Å². The molecule has 0 amide bonds. The van der Waals surface area contributed by atoms with Crippen molar-refractivity contribution in [1.29, 1.82) is 0 Å². The van der Waals surface area contributed by atoms with Gasteiger partial charge in [0.25, 0.3) is 0 Å². The summed E-state index contributed by atoms with van der Waals surface area (Å²) < 4.78 is 4.46. The highest BCUT2D eigenvalue weighted by Gasteiger charge is 2.21. The van der Waals surface area contributed by atoms with Gasteiger partial charge in [-0.15, -0.1) is 0 Å². The Morgan fingerprint density at radius 1 is 1.47 bits per heavy atom. The lowest BCUT2D eigenvalue weighted by atomic mass is 9.98. The SMILES string of the molecule is COC(=O)CC(N)C(=O)c1cc(Cl)ccc1C. The van der Waals surface area contributed by atoms with Crippen LogP contribution in [0.4, 0.5) is 0 Å². The number of ketones is 1. The number of rotatable bonds is 4. The van der Waals surface area contributed by atoms with Crippen LogP contribution in [0.15, 0.2) is 18.2 Å². The molecular formula is C12H14ClNO3. The molecule has 17 heavy (non-hydrogen) atoms. The highest BCUT2D eigenvalue weighted by molar-refractivity contribution is 6.31.